The Bertz CT molecular complexity index is 4710. The van der Waals surface area contributed by atoms with Gasteiger partial charge in [0.15, 0.2) is 22.2 Å². The normalized spacial score (nSPS) is 12.7. The molecule has 0 saturated carbocycles. The van der Waals surface area contributed by atoms with Gasteiger partial charge in [0, 0.05) is 66.5 Å². The van der Waals surface area contributed by atoms with Crippen molar-refractivity contribution in [1.29, 1.82) is 0 Å². The molecule has 0 aromatic heterocycles. The Kier molecular flexibility index (Phi) is 17.2. The van der Waals surface area contributed by atoms with E-state index >= 15 is 0 Å². The molecule has 0 aliphatic carbocycles. The SMILES string of the molecule is Cc1ccc(C(=O)Nc2ccc(S(=O)O)c3cc(S(=O)O)cc(S(=O)(=O)O)c23)cc1NC(=O)c1cccc(NC(=O)Nc2cccc(C(=O)Nc3cc(C(=O)Nc4ccc(S(=O)(=O)O)c5cc(S(=O)(=O)O)cc(S(=O)(=O)O)c45)ccc3C)c2)c1. The molecule has 0 spiro atoms. The van der Waals surface area contributed by atoms with Crippen molar-refractivity contribution in [2.24, 2.45) is 0 Å². The van der Waals surface area contributed by atoms with Crippen molar-refractivity contribution >= 4 is 148 Å². The van der Waals surface area contributed by atoms with E-state index in [2.05, 4.69) is 31.9 Å². The molecule has 2 unspecified atom stereocenters. The van der Waals surface area contributed by atoms with Crippen LogP contribution < -0.4 is 31.9 Å². The van der Waals surface area contributed by atoms with Crippen molar-refractivity contribution in [3.05, 3.63) is 167 Å². The van der Waals surface area contributed by atoms with Crippen LogP contribution in [0.5, 0.6) is 0 Å². The van der Waals surface area contributed by atoms with Crippen LogP contribution in [0.1, 0.15) is 52.6 Å². The van der Waals surface area contributed by atoms with E-state index in [0.29, 0.717) is 35.4 Å². The zero-order chi connectivity index (χ0) is 61.5. The quantitative estimate of drug-likeness (QED) is 0.0331. The highest BCUT2D eigenvalue weighted by atomic mass is 32.2. The van der Waals surface area contributed by atoms with Crippen molar-refractivity contribution < 1.29 is 93.4 Å². The number of nitrogens with one attached hydrogen (secondary N) is 6. The highest BCUT2D eigenvalue weighted by Crippen LogP contribution is 2.39. The highest BCUT2D eigenvalue weighted by molar-refractivity contribution is 7.87. The van der Waals surface area contributed by atoms with Crippen LogP contribution in [0.15, 0.2) is 163 Å². The van der Waals surface area contributed by atoms with E-state index in [1.807, 2.05) is 0 Å². The van der Waals surface area contributed by atoms with E-state index in [-0.39, 0.29) is 56.1 Å². The Morgan fingerprint density at radius 3 is 1.24 bits per heavy atom. The number of aryl methyl sites for hydroxylation is 2. The lowest BCUT2D eigenvalue weighted by Crippen LogP contribution is -2.21. The Morgan fingerprint density at radius 2 is 0.810 bits per heavy atom. The van der Waals surface area contributed by atoms with Gasteiger partial charge in [0.1, 0.15) is 14.7 Å². The lowest BCUT2D eigenvalue weighted by Gasteiger charge is -2.16. The van der Waals surface area contributed by atoms with Crippen molar-refractivity contribution in [3.8, 4) is 0 Å². The monoisotopic (exact) mass is 1260 g/mol. The minimum Gasteiger partial charge on any atom is -0.322 e. The number of anilines is 6. The fourth-order valence-corrected chi connectivity index (χ4v) is 12.2. The average molecular weight is 1270 g/mol. The average Bonchev–Trinajstić information content (AvgIpc) is 1.09. The lowest BCUT2D eigenvalue weighted by atomic mass is 10.1. The first kappa shape index (κ1) is 61.4. The molecule has 0 fully saturated rings. The molecule has 0 aliphatic heterocycles. The molecule has 0 bridgehead atoms. The van der Waals surface area contributed by atoms with E-state index in [1.54, 1.807) is 13.8 Å². The Labute approximate surface area is 480 Å². The maximum absolute atomic E-state index is 13.7. The number of amides is 6. The minimum absolute atomic E-state index is 0.00249. The van der Waals surface area contributed by atoms with Crippen LogP contribution in [0, 0.1) is 13.8 Å². The van der Waals surface area contributed by atoms with Crippen LogP contribution in [0.3, 0.4) is 0 Å². The van der Waals surface area contributed by atoms with Gasteiger partial charge in [0.2, 0.25) is 0 Å². The lowest BCUT2D eigenvalue weighted by molar-refractivity contribution is 0.101. The summed E-state index contributed by atoms with van der Waals surface area (Å²) in [7, 11) is -21.1. The minimum atomic E-state index is -5.44. The summed E-state index contributed by atoms with van der Waals surface area (Å²) in [6.07, 6.45) is 0. The summed E-state index contributed by atoms with van der Waals surface area (Å²) in [5.74, 6) is -3.34. The molecule has 6 amide bonds. The van der Waals surface area contributed by atoms with Gasteiger partial charge in [-0.3, -0.25) is 37.4 Å². The molecule has 8 rings (SSSR count). The third-order valence-corrected chi connectivity index (χ3v) is 17.2. The Morgan fingerprint density at radius 1 is 0.393 bits per heavy atom. The summed E-state index contributed by atoms with van der Waals surface area (Å²) in [5.41, 5.74) is 0.283. The van der Waals surface area contributed by atoms with Crippen LogP contribution in [0.4, 0.5) is 38.9 Å². The van der Waals surface area contributed by atoms with Crippen molar-refractivity contribution in [2.45, 2.75) is 43.2 Å². The summed E-state index contributed by atoms with van der Waals surface area (Å²) in [6.45, 7) is 3.18. The zero-order valence-electron chi connectivity index (χ0n) is 42.5. The fourth-order valence-electron chi connectivity index (χ4n) is 8.37. The molecule has 8 aromatic rings. The first-order valence-electron chi connectivity index (χ1n) is 23.3. The second kappa shape index (κ2) is 23.5. The van der Waals surface area contributed by atoms with Gasteiger partial charge < -0.3 is 41.0 Å². The molecule has 0 heterocycles. The maximum Gasteiger partial charge on any atom is 0.323 e. The van der Waals surface area contributed by atoms with Crippen molar-refractivity contribution in [3.63, 3.8) is 0 Å². The number of carbonyl (C=O) groups is 5. The zero-order valence-corrected chi connectivity index (χ0v) is 47.4. The largest absolute Gasteiger partial charge is 0.323 e. The molecule has 2 atom stereocenters. The first-order chi connectivity index (χ1) is 39.2. The Balaban J connectivity index is 0.939. The predicted octanol–water partition coefficient (Wildman–Crippen LogP) is 7.41. The van der Waals surface area contributed by atoms with Crippen LogP contribution >= 0.6 is 0 Å². The van der Waals surface area contributed by atoms with Crippen LogP contribution in [-0.4, -0.2) is 99.1 Å². The Hall–Kier alpha value is -8.71. The van der Waals surface area contributed by atoms with Gasteiger partial charge in [0.05, 0.1) is 26.1 Å². The summed E-state index contributed by atoms with van der Waals surface area (Å²) in [4.78, 5) is 62.4. The van der Waals surface area contributed by atoms with E-state index < -0.39 is 144 Å². The molecule has 12 N–H and O–H groups in total. The van der Waals surface area contributed by atoms with Gasteiger partial charge in [-0.25, -0.2) is 13.2 Å². The molecular formula is C51H40N6O21S6. The van der Waals surface area contributed by atoms with E-state index in [1.165, 1.54) is 84.9 Å². The topological polar surface area (TPSA) is 450 Å². The number of urea groups is 1. The molecule has 0 radical (unpaired) electrons. The smallest absolute Gasteiger partial charge is 0.322 e. The number of carbonyl (C=O) groups excluding carboxylic acids is 5. The number of hydrogen-bond donors (Lipinski definition) is 12. The van der Waals surface area contributed by atoms with Gasteiger partial charge in [-0.15, -0.1) is 0 Å². The highest BCUT2D eigenvalue weighted by Gasteiger charge is 2.29. The van der Waals surface area contributed by atoms with Gasteiger partial charge in [-0.2, -0.15) is 33.7 Å². The van der Waals surface area contributed by atoms with E-state index in [0.717, 1.165) is 24.3 Å². The summed E-state index contributed by atoms with van der Waals surface area (Å²) >= 11 is -5.58. The maximum atomic E-state index is 13.7. The molecule has 84 heavy (non-hydrogen) atoms. The number of benzene rings is 8. The van der Waals surface area contributed by atoms with E-state index in [9.17, 15) is 93.4 Å². The summed E-state index contributed by atoms with van der Waals surface area (Å²) < 4.78 is 182. The standard InChI is InChI=1S/C51H40N6O21S6/c1-25-9-11-29(49(60)54-37-13-15-41(80(65)66)35-21-33(79(63)64)22-43(45(35)37)83(73,74)75)19-39(25)56-47(58)27-5-3-7-31(17-27)52-51(62)53-32-8-4-6-28(18-32)48(59)57-40-20-30(12-10-26(40)2)50(61)55-38-14-16-42(82(70,71)72)36-23-34(81(67,68)69)24-44(46(36)38)84(76,77)78/h3-24H,1-2H3,(H,54,60)(H,55,61)(H,56,58)(H,57,59)(H,63,64)(H,65,66)(H2,52,53,62)(H,67,68,69)(H,70,71,72)(H,73,74,75)(H,76,77,78). The molecule has 8 aromatic carbocycles. The summed E-state index contributed by atoms with van der Waals surface area (Å²) in [5, 5.41) is 12.9. The molecule has 0 aliphatic rings. The number of hydrogen-bond acceptors (Lipinski definition) is 15. The first-order valence-corrected chi connectivity index (χ1v) is 31.2. The van der Waals surface area contributed by atoms with Gasteiger partial charge in [0.25, 0.3) is 64.1 Å². The van der Waals surface area contributed by atoms with Crippen LogP contribution in [0.2, 0.25) is 0 Å². The van der Waals surface area contributed by atoms with Gasteiger partial charge in [-0.05, 0) is 134 Å². The molecule has 33 heteroatoms. The fraction of sp³-hybridized carbons (Fsp3) is 0.0392. The number of fused-ring (bicyclic) bond motifs is 2. The molecule has 436 valence electrons. The number of rotatable bonds is 16. The molecule has 27 nitrogen and oxygen atoms in total. The van der Waals surface area contributed by atoms with Crippen molar-refractivity contribution in [1.82, 2.24) is 0 Å². The summed E-state index contributed by atoms with van der Waals surface area (Å²) in [6, 6.07) is 24.6. The van der Waals surface area contributed by atoms with Gasteiger partial charge in [-0.1, -0.05) is 24.3 Å². The second-order valence-corrected chi connectivity index (χ2v) is 25.4. The van der Waals surface area contributed by atoms with E-state index in [4.69, 9.17) is 0 Å². The van der Waals surface area contributed by atoms with Crippen LogP contribution in [0.25, 0.3) is 21.5 Å². The third-order valence-electron chi connectivity index (χ3n) is 12.3. The van der Waals surface area contributed by atoms with Gasteiger partial charge >= 0.3 is 6.03 Å². The van der Waals surface area contributed by atoms with Crippen molar-refractivity contribution in [2.75, 3.05) is 31.9 Å². The van der Waals surface area contributed by atoms with Crippen LogP contribution in [-0.2, 0) is 62.6 Å². The predicted molar refractivity (Wildman–Crippen MR) is 305 cm³/mol. The third kappa shape index (κ3) is 13.7. The second-order valence-electron chi connectivity index (χ2n) is 17.9. The molecular weight excluding hydrogens is 1220 g/mol. The molecule has 0 saturated heterocycles.